The second-order valence-corrected chi connectivity index (χ2v) is 5.62. The summed E-state index contributed by atoms with van der Waals surface area (Å²) in [5.41, 5.74) is 0.954. The summed E-state index contributed by atoms with van der Waals surface area (Å²) >= 11 is 1.72. The predicted octanol–water partition coefficient (Wildman–Crippen LogP) is 2.44. The van der Waals surface area contributed by atoms with Gasteiger partial charge in [-0.15, -0.1) is 11.3 Å². The molecule has 0 unspecified atom stereocenters. The molecule has 0 aliphatic heterocycles. The first kappa shape index (κ1) is 15.3. The molecule has 0 aliphatic rings. The molecule has 1 heterocycles. The number of benzene rings is 1. The second-order valence-electron chi connectivity index (χ2n) is 4.42. The molecule has 1 aromatic carbocycles. The Morgan fingerprint density at radius 1 is 1.43 bits per heavy atom. The van der Waals surface area contributed by atoms with E-state index in [-0.39, 0.29) is 12.5 Å². The van der Waals surface area contributed by atoms with Crippen molar-refractivity contribution >= 4 is 22.9 Å². The monoisotopic (exact) mass is 305 g/mol. The number of anilines is 1. The number of carbonyl (C=O) groups excluding carboxylic acids is 1. The van der Waals surface area contributed by atoms with Crippen LogP contribution in [0.15, 0.2) is 30.5 Å². The number of aromatic nitrogens is 1. The summed E-state index contributed by atoms with van der Waals surface area (Å²) in [5, 5.41) is 7.00. The molecule has 5 nitrogen and oxygen atoms in total. The van der Waals surface area contributed by atoms with Crippen LogP contribution >= 0.6 is 11.3 Å². The van der Waals surface area contributed by atoms with E-state index < -0.39 is 0 Å². The number of amides is 1. The van der Waals surface area contributed by atoms with E-state index in [1.807, 2.05) is 30.5 Å². The van der Waals surface area contributed by atoms with Crippen molar-refractivity contribution in [1.29, 1.82) is 0 Å². The van der Waals surface area contributed by atoms with Crippen molar-refractivity contribution < 1.29 is 9.53 Å². The molecule has 0 fully saturated rings. The van der Waals surface area contributed by atoms with Crippen LogP contribution in [0.4, 0.5) is 5.69 Å². The summed E-state index contributed by atoms with van der Waals surface area (Å²) in [6.45, 7) is 2.86. The van der Waals surface area contributed by atoms with Gasteiger partial charge in [0.25, 0.3) is 5.91 Å². The number of hydrogen-bond donors (Lipinski definition) is 2. The van der Waals surface area contributed by atoms with Gasteiger partial charge in [0.1, 0.15) is 5.75 Å². The van der Waals surface area contributed by atoms with Crippen molar-refractivity contribution in [2.45, 2.75) is 19.9 Å². The molecule has 2 N–H and O–H groups in total. The lowest BCUT2D eigenvalue weighted by molar-refractivity contribution is -0.122. The Balaban J connectivity index is 1.89. The maximum Gasteiger partial charge on any atom is 0.257 e. The molecule has 0 spiro atoms. The Bertz CT molecular complexity index is 598. The van der Waals surface area contributed by atoms with Crippen LogP contribution in [0, 0.1) is 0 Å². The third kappa shape index (κ3) is 4.75. The Labute approximate surface area is 128 Å². The summed E-state index contributed by atoms with van der Waals surface area (Å²) in [6, 6.07) is 7.57. The lowest BCUT2D eigenvalue weighted by Gasteiger charge is -2.08. The van der Waals surface area contributed by atoms with Crippen molar-refractivity contribution in [2.24, 2.45) is 0 Å². The van der Waals surface area contributed by atoms with Crippen molar-refractivity contribution in [3.8, 4) is 5.75 Å². The molecule has 0 aliphatic carbocycles. The lowest BCUT2D eigenvalue weighted by Crippen LogP contribution is -2.24. The van der Waals surface area contributed by atoms with E-state index in [4.69, 9.17) is 4.74 Å². The third-order valence-electron chi connectivity index (χ3n) is 2.85. The average Bonchev–Trinajstić information content (AvgIpc) is 2.99. The van der Waals surface area contributed by atoms with E-state index in [2.05, 4.69) is 22.5 Å². The van der Waals surface area contributed by atoms with Gasteiger partial charge in [0.2, 0.25) is 0 Å². The maximum absolute atomic E-state index is 11.2. The highest BCUT2D eigenvalue weighted by atomic mass is 32.1. The number of nitrogens with zero attached hydrogens (tertiary/aromatic N) is 1. The highest BCUT2D eigenvalue weighted by molar-refractivity contribution is 7.11. The van der Waals surface area contributed by atoms with Gasteiger partial charge < -0.3 is 15.4 Å². The Hall–Kier alpha value is -2.08. The quantitative estimate of drug-likeness (QED) is 0.825. The van der Waals surface area contributed by atoms with Crippen LogP contribution in [0.25, 0.3) is 0 Å². The standard InChI is InChI=1S/C15H19N3O2S/c1-3-15-18-9-13(21-15)8-17-11-5-4-6-12(7-11)20-10-14(19)16-2/h4-7,9,17H,3,8,10H2,1-2H3,(H,16,19). The summed E-state index contributed by atoms with van der Waals surface area (Å²) in [7, 11) is 1.59. The van der Waals surface area contributed by atoms with Crippen LogP contribution in [-0.2, 0) is 17.8 Å². The molecular weight excluding hydrogens is 286 g/mol. The summed E-state index contributed by atoms with van der Waals surface area (Å²) in [5.74, 6) is 0.521. The number of carbonyl (C=O) groups is 1. The van der Waals surface area contributed by atoms with Crippen molar-refractivity contribution in [3.05, 3.63) is 40.3 Å². The third-order valence-corrected chi connectivity index (χ3v) is 4.00. The van der Waals surface area contributed by atoms with Gasteiger partial charge in [-0.25, -0.2) is 4.98 Å². The van der Waals surface area contributed by atoms with Crippen molar-refractivity contribution in [3.63, 3.8) is 0 Å². The fourth-order valence-electron chi connectivity index (χ4n) is 1.70. The maximum atomic E-state index is 11.2. The molecule has 2 aromatic rings. The molecule has 0 atom stereocenters. The van der Waals surface area contributed by atoms with Crippen molar-refractivity contribution in [2.75, 3.05) is 19.0 Å². The number of likely N-dealkylation sites (N-methyl/N-ethyl adjacent to an activating group) is 1. The highest BCUT2D eigenvalue weighted by Crippen LogP contribution is 2.19. The van der Waals surface area contributed by atoms with E-state index in [0.29, 0.717) is 5.75 Å². The van der Waals surface area contributed by atoms with Crippen molar-refractivity contribution in [1.82, 2.24) is 10.3 Å². The molecule has 1 amide bonds. The fourth-order valence-corrected chi connectivity index (χ4v) is 2.50. The van der Waals surface area contributed by atoms with E-state index in [0.717, 1.165) is 23.7 Å². The van der Waals surface area contributed by atoms with Crippen LogP contribution in [0.3, 0.4) is 0 Å². The van der Waals surface area contributed by atoms with Gasteiger partial charge in [0, 0.05) is 29.9 Å². The van der Waals surface area contributed by atoms with E-state index >= 15 is 0 Å². The summed E-state index contributed by atoms with van der Waals surface area (Å²) < 4.78 is 5.41. The highest BCUT2D eigenvalue weighted by Gasteiger charge is 2.03. The SMILES string of the molecule is CCc1ncc(CNc2cccc(OCC(=O)NC)c2)s1. The molecule has 112 valence electrons. The average molecular weight is 305 g/mol. The zero-order valence-corrected chi connectivity index (χ0v) is 13.0. The summed E-state index contributed by atoms with van der Waals surface area (Å²) in [4.78, 5) is 16.7. The van der Waals surface area contributed by atoms with Gasteiger partial charge in [-0.2, -0.15) is 0 Å². The first-order valence-corrected chi connectivity index (χ1v) is 7.63. The molecule has 0 radical (unpaired) electrons. The number of rotatable bonds is 7. The number of aryl methyl sites for hydroxylation is 1. The molecule has 2 rings (SSSR count). The normalized spacial score (nSPS) is 10.2. The van der Waals surface area contributed by atoms with Gasteiger partial charge in [-0.1, -0.05) is 13.0 Å². The number of thiazole rings is 1. The van der Waals surface area contributed by atoms with Gasteiger partial charge in [-0.05, 0) is 18.6 Å². The minimum Gasteiger partial charge on any atom is -0.484 e. The lowest BCUT2D eigenvalue weighted by atomic mass is 10.3. The van der Waals surface area contributed by atoms with Gasteiger partial charge in [0.05, 0.1) is 11.6 Å². The number of ether oxygens (including phenoxy) is 1. The number of hydrogen-bond acceptors (Lipinski definition) is 5. The van der Waals surface area contributed by atoms with Crippen LogP contribution in [0.1, 0.15) is 16.8 Å². The number of nitrogens with one attached hydrogen (secondary N) is 2. The van der Waals surface area contributed by atoms with Crippen LogP contribution in [0.2, 0.25) is 0 Å². The zero-order valence-electron chi connectivity index (χ0n) is 12.2. The minimum absolute atomic E-state index is 0.0225. The Morgan fingerprint density at radius 2 is 2.29 bits per heavy atom. The van der Waals surface area contributed by atoms with Crippen LogP contribution < -0.4 is 15.4 Å². The molecule has 21 heavy (non-hydrogen) atoms. The first-order valence-electron chi connectivity index (χ1n) is 6.82. The van der Waals surface area contributed by atoms with E-state index in [1.165, 1.54) is 4.88 Å². The van der Waals surface area contributed by atoms with E-state index in [9.17, 15) is 4.79 Å². The zero-order chi connectivity index (χ0) is 15.1. The largest absolute Gasteiger partial charge is 0.484 e. The van der Waals surface area contributed by atoms with Gasteiger partial charge >= 0.3 is 0 Å². The van der Waals surface area contributed by atoms with E-state index in [1.54, 1.807) is 18.4 Å². The van der Waals surface area contributed by atoms with Crippen LogP contribution in [-0.4, -0.2) is 24.5 Å². The minimum atomic E-state index is -0.148. The van der Waals surface area contributed by atoms with Crippen LogP contribution in [0.5, 0.6) is 5.75 Å². The molecule has 0 saturated heterocycles. The van der Waals surface area contributed by atoms with Gasteiger partial charge in [-0.3, -0.25) is 4.79 Å². The predicted molar refractivity (Wildman–Crippen MR) is 84.8 cm³/mol. The topological polar surface area (TPSA) is 63.3 Å². The fraction of sp³-hybridized carbons (Fsp3) is 0.333. The molecule has 6 heteroatoms. The Morgan fingerprint density at radius 3 is 3.00 bits per heavy atom. The second kappa shape index (κ2) is 7.64. The summed E-state index contributed by atoms with van der Waals surface area (Å²) in [6.07, 6.45) is 2.87. The molecular formula is C15H19N3O2S. The molecule has 1 aromatic heterocycles. The smallest absolute Gasteiger partial charge is 0.257 e. The molecule has 0 saturated carbocycles. The molecule has 0 bridgehead atoms. The Kier molecular flexibility index (Phi) is 5.57. The first-order chi connectivity index (χ1) is 10.2. The van der Waals surface area contributed by atoms with Gasteiger partial charge in [0.15, 0.2) is 6.61 Å².